The van der Waals surface area contributed by atoms with Crippen molar-refractivity contribution in [3.63, 3.8) is 0 Å². The van der Waals surface area contributed by atoms with Gasteiger partial charge in [0.1, 0.15) is 11.8 Å². The molecule has 2 fully saturated rings. The molecule has 232 valence electrons. The third-order valence-electron chi connectivity index (χ3n) is 9.20. The van der Waals surface area contributed by atoms with Crippen molar-refractivity contribution in [2.75, 3.05) is 30.3 Å². The van der Waals surface area contributed by atoms with E-state index in [1.54, 1.807) is 6.20 Å². The van der Waals surface area contributed by atoms with Crippen LogP contribution in [0.1, 0.15) is 90.1 Å². The van der Waals surface area contributed by atoms with Gasteiger partial charge in [-0.1, -0.05) is 61.0 Å². The van der Waals surface area contributed by atoms with Gasteiger partial charge in [0.25, 0.3) is 0 Å². The summed E-state index contributed by atoms with van der Waals surface area (Å²) in [5.74, 6) is 0. The van der Waals surface area contributed by atoms with Crippen molar-refractivity contribution in [2.24, 2.45) is 5.41 Å². The van der Waals surface area contributed by atoms with E-state index >= 15 is 0 Å². The first-order valence-electron chi connectivity index (χ1n) is 15.7. The van der Waals surface area contributed by atoms with Crippen LogP contribution in [0.3, 0.4) is 0 Å². The average molecular weight is 613 g/mol. The predicted molar refractivity (Wildman–Crippen MR) is 181 cm³/mol. The molecule has 9 heteroatoms. The molecule has 1 saturated carbocycles. The van der Waals surface area contributed by atoms with Crippen LogP contribution in [0.5, 0.6) is 0 Å². The van der Waals surface area contributed by atoms with Crippen molar-refractivity contribution in [3.05, 3.63) is 77.3 Å². The lowest BCUT2D eigenvalue weighted by molar-refractivity contribution is 0.0866. The number of anilines is 2. The zero-order valence-corrected chi connectivity index (χ0v) is 27.5. The van der Waals surface area contributed by atoms with Crippen molar-refractivity contribution in [3.8, 4) is 6.07 Å². The summed E-state index contributed by atoms with van der Waals surface area (Å²) >= 11 is 6.82. The van der Waals surface area contributed by atoms with E-state index in [0.717, 1.165) is 60.5 Å². The number of likely N-dealkylation sites (tertiary alicyclic amines) is 1. The molecular formula is C35H45ClN8. The van der Waals surface area contributed by atoms with E-state index in [0.29, 0.717) is 22.1 Å². The molecule has 0 radical (unpaired) electrons. The van der Waals surface area contributed by atoms with Crippen LogP contribution >= 0.6 is 11.6 Å². The van der Waals surface area contributed by atoms with Gasteiger partial charge in [-0.3, -0.25) is 9.88 Å². The minimum Gasteiger partial charge on any atom is -0.383 e. The minimum atomic E-state index is -0.342. The van der Waals surface area contributed by atoms with Crippen LogP contribution in [0.4, 0.5) is 11.4 Å². The van der Waals surface area contributed by atoms with Crippen LogP contribution in [-0.2, 0) is 0 Å². The maximum atomic E-state index is 9.93. The van der Waals surface area contributed by atoms with Gasteiger partial charge in [-0.2, -0.15) is 5.26 Å². The molecular weight excluding hydrogens is 568 g/mol. The number of allylic oxidation sites excluding steroid dienone is 3. The highest BCUT2D eigenvalue weighted by Gasteiger charge is 2.32. The number of fused-ring (bicyclic) bond motifs is 1. The van der Waals surface area contributed by atoms with Gasteiger partial charge in [-0.15, -0.1) is 5.10 Å². The first kappa shape index (κ1) is 31.7. The maximum Gasteiger partial charge on any atom is 0.109 e. The quantitative estimate of drug-likeness (QED) is 0.223. The highest BCUT2D eigenvalue weighted by Crippen LogP contribution is 2.42. The summed E-state index contributed by atoms with van der Waals surface area (Å²) in [5, 5.41) is 27.7. The van der Waals surface area contributed by atoms with Crippen LogP contribution in [0.15, 0.2) is 61.0 Å². The Labute approximate surface area is 266 Å². The number of hydrogen-bond donors (Lipinski definition) is 2. The molecule has 1 aliphatic heterocycles. The van der Waals surface area contributed by atoms with E-state index in [1.807, 2.05) is 54.2 Å². The van der Waals surface area contributed by atoms with Crippen molar-refractivity contribution in [2.45, 2.75) is 84.3 Å². The van der Waals surface area contributed by atoms with Gasteiger partial charge in [0.05, 0.1) is 40.1 Å². The van der Waals surface area contributed by atoms with E-state index in [-0.39, 0.29) is 17.0 Å². The largest absolute Gasteiger partial charge is 0.383 e. The molecule has 1 aliphatic carbocycles. The second kappa shape index (κ2) is 13.1. The molecule has 0 amide bonds. The Morgan fingerprint density at radius 2 is 2.00 bits per heavy atom. The number of piperidine rings is 1. The molecule has 0 bridgehead atoms. The predicted octanol–water partition coefficient (Wildman–Crippen LogP) is 8.23. The Morgan fingerprint density at radius 3 is 2.64 bits per heavy atom. The summed E-state index contributed by atoms with van der Waals surface area (Å²) in [6, 6.07) is 6.17. The molecule has 1 atom stereocenters. The molecule has 2 aromatic heterocycles. The molecule has 1 aromatic carbocycles. The molecule has 5 rings (SSSR count). The number of rotatable bonds is 10. The maximum absolute atomic E-state index is 9.93. The molecule has 2 aliphatic rings. The van der Waals surface area contributed by atoms with Crippen LogP contribution in [-0.4, -0.2) is 50.1 Å². The van der Waals surface area contributed by atoms with Crippen LogP contribution in [0.2, 0.25) is 5.02 Å². The highest BCUT2D eigenvalue weighted by molar-refractivity contribution is 6.35. The summed E-state index contributed by atoms with van der Waals surface area (Å²) in [6.45, 7) is 18.3. The molecule has 0 spiro atoms. The van der Waals surface area contributed by atoms with Crippen molar-refractivity contribution in [1.82, 2.24) is 24.9 Å². The zero-order chi connectivity index (χ0) is 31.5. The Bertz CT molecular complexity index is 1590. The standard InChI is InChI=1S/C35H45ClN8/c1-7-8-9-11-24(2)31(30-22-44(42-41-30)27-12-16-43(17-13-27)34(3,4)5)40-26-18-28-32(39-23-35(6)14-10-15-35)25(20-37)21-38-33(28)29(36)19-26/h7-9,11,18-19,21-22,27,31,40H,2,10,12-17,23H2,1,3-6H3,(H,38,39)/b8-7-,11-9-/t31-/m0/s1. The number of nitriles is 1. The lowest BCUT2D eigenvalue weighted by atomic mass is 9.70. The lowest BCUT2D eigenvalue weighted by Gasteiger charge is -2.40. The molecule has 2 N–H and O–H groups in total. The van der Waals surface area contributed by atoms with Crippen LogP contribution in [0.25, 0.3) is 10.9 Å². The van der Waals surface area contributed by atoms with E-state index in [2.05, 4.69) is 71.2 Å². The third-order valence-corrected chi connectivity index (χ3v) is 9.49. The van der Waals surface area contributed by atoms with E-state index in [1.165, 1.54) is 19.3 Å². The first-order valence-corrected chi connectivity index (χ1v) is 16.1. The van der Waals surface area contributed by atoms with Crippen LogP contribution < -0.4 is 10.6 Å². The normalized spacial score (nSPS) is 18.4. The fourth-order valence-electron chi connectivity index (χ4n) is 6.19. The molecule has 3 aromatic rings. The fraction of sp³-hybridized carbons (Fsp3) is 0.486. The number of aromatic nitrogens is 4. The number of nitrogens with one attached hydrogen (secondary N) is 2. The number of pyridine rings is 1. The fourth-order valence-corrected chi connectivity index (χ4v) is 6.46. The number of halogens is 1. The molecule has 44 heavy (non-hydrogen) atoms. The first-order chi connectivity index (χ1) is 21.0. The summed E-state index contributed by atoms with van der Waals surface area (Å²) in [7, 11) is 0. The van der Waals surface area contributed by atoms with Gasteiger partial charge in [0.15, 0.2) is 0 Å². The van der Waals surface area contributed by atoms with Gasteiger partial charge in [-0.25, -0.2) is 4.68 Å². The number of benzene rings is 1. The average Bonchev–Trinajstić information content (AvgIpc) is 3.47. The van der Waals surface area contributed by atoms with Crippen LogP contribution in [0, 0.1) is 16.7 Å². The third kappa shape index (κ3) is 7.00. The van der Waals surface area contributed by atoms with E-state index in [4.69, 9.17) is 11.6 Å². The number of nitrogens with zero attached hydrogens (tertiary/aromatic N) is 6. The number of hydrogen-bond acceptors (Lipinski definition) is 7. The van der Waals surface area contributed by atoms with E-state index < -0.39 is 0 Å². The Balaban J connectivity index is 1.45. The second-order valence-corrected chi connectivity index (χ2v) is 14.0. The van der Waals surface area contributed by atoms with Crippen molar-refractivity contribution >= 4 is 33.9 Å². The summed E-state index contributed by atoms with van der Waals surface area (Å²) in [4.78, 5) is 7.08. The summed E-state index contributed by atoms with van der Waals surface area (Å²) < 4.78 is 2.02. The smallest absolute Gasteiger partial charge is 0.109 e. The lowest BCUT2D eigenvalue weighted by Crippen LogP contribution is -2.46. The summed E-state index contributed by atoms with van der Waals surface area (Å²) in [5.41, 5.74) is 4.75. The highest BCUT2D eigenvalue weighted by atomic mass is 35.5. The van der Waals surface area contributed by atoms with Gasteiger partial charge in [0, 0.05) is 42.4 Å². The Hall–Kier alpha value is -3.67. The monoisotopic (exact) mass is 612 g/mol. The molecule has 3 heterocycles. The molecule has 0 unspecified atom stereocenters. The minimum absolute atomic E-state index is 0.166. The SMILES string of the molecule is C=C(/C=C\C=C/C)[C@H](Nc1cc(Cl)c2ncc(C#N)c(NCC3(C)CCC3)c2c1)c1cn(C2CCN(C(C)(C)C)CC2)nn1. The summed E-state index contributed by atoms with van der Waals surface area (Å²) in [6.07, 6.45) is 17.2. The van der Waals surface area contributed by atoms with Crippen molar-refractivity contribution in [1.29, 1.82) is 5.26 Å². The van der Waals surface area contributed by atoms with Gasteiger partial charge in [0.2, 0.25) is 0 Å². The second-order valence-electron chi connectivity index (χ2n) is 13.6. The topological polar surface area (TPSA) is 94.7 Å². The Kier molecular flexibility index (Phi) is 9.48. The van der Waals surface area contributed by atoms with Crippen molar-refractivity contribution < 1.29 is 0 Å². The van der Waals surface area contributed by atoms with Gasteiger partial charge in [-0.05, 0) is 76.5 Å². The van der Waals surface area contributed by atoms with Gasteiger partial charge < -0.3 is 10.6 Å². The zero-order valence-electron chi connectivity index (χ0n) is 26.7. The van der Waals surface area contributed by atoms with E-state index in [9.17, 15) is 5.26 Å². The Morgan fingerprint density at radius 1 is 1.25 bits per heavy atom. The molecule has 1 saturated heterocycles. The van der Waals surface area contributed by atoms with Gasteiger partial charge >= 0.3 is 0 Å². The molecule has 8 nitrogen and oxygen atoms in total.